The minimum absolute atomic E-state index is 0.183. The number of carbonyl (C=O) groups excluding carboxylic acids is 1. The van der Waals surface area contributed by atoms with Gasteiger partial charge in [0.1, 0.15) is 0 Å². The van der Waals surface area contributed by atoms with E-state index in [-0.39, 0.29) is 17.9 Å². The Morgan fingerprint density at radius 2 is 2.14 bits per heavy atom. The molecule has 0 spiro atoms. The highest BCUT2D eigenvalue weighted by Crippen LogP contribution is 2.19. The molecular weight excluding hydrogens is 178 g/mol. The molecule has 3 nitrogen and oxygen atoms in total. The lowest BCUT2D eigenvalue weighted by atomic mass is 9.96. The first-order chi connectivity index (χ1) is 6.69. The molecule has 1 fully saturated rings. The molecule has 1 aliphatic rings. The summed E-state index contributed by atoms with van der Waals surface area (Å²) in [5, 5.41) is 9.10. The Labute approximate surface area is 86.1 Å². The van der Waals surface area contributed by atoms with Crippen LogP contribution in [0.25, 0.3) is 0 Å². The van der Waals surface area contributed by atoms with Crippen LogP contribution in [0.5, 0.6) is 0 Å². The molecule has 1 N–H and O–H groups in total. The number of unbranched alkanes of at least 4 members (excludes halogenated alkanes) is 1. The molecule has 3 heteroatoms. The van der Waals surface area contributed by atoms with Crippen molar-refractivity contribution in [3.05, 3.63) is 0 Å². The van der Waals surface area contributed by atoms with Crippen molar-refractivity contribution in [2.45, 2.75) is 45.6 Å². The van der Waals surface area contributed by atoms with E-state index in [1.807, 2.05) is 0 Å². The molecular formula is C11H21NO2. The molecule has 0 unspecified atom stereocenters. The first-order valence-corrected chi connectivity index (χ1v) is 5.65. The quantitative estimate of drug-likeness (QED) is 0.727. The Bertz CT molecular complexity index is 188. The Morgan fingerprint density at radius 3 is 2.57 bits per heavy atom. The van der Waals surface area contributed by atoms with Crippen LogP contribution in [0.4, 0.5) is 0 Å². The third-order valence-electron chi connectivity index (χ3n) is 2.92. The van der Waals surface area contributed by atoms with Gasteiger partial charge in [0.15, 0.2) is 0 Å². The topological polar surface area (TPSA) is 40.5 Å². The third kappa shape index (κ3) is 2.71. The van der Waals surface area contributed by atoms with E-state index in [4.69, 9.17) is 5.11 Å². The zero-order valence-corrected chi connectivity index (χ0v) is 9.20. The maximum Gasteiger partial charge on any atom is 0.225 e. The second-order valence-corrected chi connectivity index (χ2v) is 4.14. The first-order valence-electron chi connectivity index (χ1n) is 5.65. The van der Waals surface area contributed by atoms with Gasteiger partial charge in [-0.25, -0.2) is 0 Å². The lowest BCUT2D eigenvalue weighted by Crippen LogP contribution is -2.55. The lowest BCUT2D eigenvalue weighted by Gasteiger charge is -2.38. The van der Waals surface area contributed by atoms with E-state index in [2.05, 4.69) is 13.8 Å². The van der Waals surface area contributed by atoms with Crippen LogP contribution in [-0.2, 0) is 4.79 Å². The third-order valence-corrected chi connectivity index (χ3v) is 2.92. The summed E-state index contributed by atoms with van der Waals surface area (Å²) in [7, 11) is 0. The minimum Gasteiger partial charge on any atom is -0.389 e. The summed E-state index contributed by atoms with van der Waals surface area (Å²) in [5.74, 6) is 0.425. The van der Waals surface area contributed by atoms with Crippen LogP contribution in [0.3, 0.4) is 0 Å². The molecule has 0 aromatic heterocycles. The SMILES string of the molecule is CCCC[C@H](CC)C(=O)N1CC(O)C1. The van der Waals surface area contributed by atoms with Crippen LogP contribution in [0.2, 0.25) is 0 Å². The fraction of sp³-hybridized carbons (Fsp3) is 0.909. The number of likely N-dealkylation sites (tertiary alicyclic amines) is 1. The highest BCUT2D eigenvalue weighted by atomic mass is 16.3. The normalized spacial score (nSPS) is 19.2. The highest BCUT2D eigenvalue weighted by molar-refractivity contribution is 5.79. The average Bonchev–Trinajstić information content (AvgIpc) is 2.14. The smallest absolute Gasteiger partial charge is 0.225 e. The van der Waals surface area contributed by atoms with Gasteiger partial charge in [-0.3, -0.25) is 4.79 Å². The predicted molar refractivity (Wildman–Crippen MR) is 55.9 cm³/mol. The number of rotatable bonds is 5. The summed E-state index contributed by atoms with van der Waals surface area (Å²) in [6.45, 7) is 5.29. The molecule has 1 saturated heterocycles. The fourth-order valence-corrected chi connectivity index (χ4v) is 1.85. The van der Waals surface area contributed by atoms with Gasteiger partial charge in [0, 0.05) is 19.0 Å². The summed E-state index contributed by atoms with van der Waals surface area (Å²) in [6.07, 6.45) is 3.92. The van der Waals surface area contributed by atoms with E-state index in [0.717, 1.165) is 25.7 Å². The Kier molecular flexibility index (Phi) is 4.39. The van der Waals surface area contributed by atoms with E-state index in [0.29, 0.717) is 13.1 Å². The van der Waals surface area contributed by atoms with Crippen molar-refractivity contribution in [1.29, 1.82) is 0 Å². The number of hydrogen-bond acceptors (Lipinski definition) is 2. The van der Waals surface area contributed by atoms with Crippen molar-refractivity contribution >= 4 is 5.91 Å². The molecule has 0 aromatic rings. The summed E-state index contributed by atoms with van der Waals surface area (Å²) >= 11 is 0. The number of carbonyl (C=O) groups is 1. The first kappa shape index (κ1) is 11.5. The van der Waals surface area contributed by atoms with E-state index >= 15 is 0 Å². The van der Waals surface area contributed by atoms with E-state index in [9.17, 15) is 4.79 Å². The van der Waals surface area contributed by atoms with Gasteiger partial charge in [0.2, 0.25) is 5.91 Å². The van der Waals surface area contributed by atoms with Crippen LogP contribution >= 0.6 is 0 Å². The molecule has 14 heavy (non-hydrogen) atoms. The maximum absolute atomic E-state index is 11.8. The summed E-state index contributed by atoms with van der Waals surface area (Å²) in [5.41, 5.74) is 0. The Balaban J connectivity index is 2.32. The molecule has 0 saturated carbocycles. The van der Waals surface area contributed by atoms with Gasteiger partial charge < -0.3 is 10.0 Å². The summed E-state index contributed by atoms with van der Waals surface area (Å²) in [4.78, 5) is 13.6. The average molecular weight is 199 g/mol. The van der Waals surface area contributed by atoms with Crippen molar-refractivity contribution in [2.24, 2.45) is 5.92 Å². The van der Waals surface area contributed by atoms with Gasteiger partial charge in [-0.15, -0.1) is 0 Å². The Hall–Kier alpha value is -0.570. The molecule has 0 bridgehead atoms. The number of aliphatic hydroxyl groups is 1. The molecule has 1 amide bonds. The van der Waals surface area contributed by atoms with Gasteiger partial charge in [0.05, 0.1) is 6.10 Å². The van der Waals surface area contributed by atoms with Crippen LogP contribution in [0.1, 0.15) is 39.5 Å². The fourth-order valence-electron chi connectivity index (χ4n) is 1.85. The molecule has 1 heterocycles. The molecule has 0 aliphatic carbocycles. The predicted octanol–water partition coefficient (Wildman–Crippen LogP) is 1.41. The van der Waals surface area contributed by atoms with E-state index < -0.39 is 0 Å². The van der Waals surface area contributed by atoms with Crippen molar-refractivity contribution in [1.82, 2.24) is 4.90 Å². The zero-order valence-electron chi connectivity index (χ0n) is 9.20. The number of nitrogens with zero attached hydrogens (tertiary/aromatic N) is 1. The number of β-amino-alcohol motifs (C(OH)–C–C–N with tert-alkyl or cyclic N) is 1. The van der Waals surface area contributed by atoms with Crippen molar-refractivity contribution < 1.29 is 9.90 Å². The monoisotopic (exact) mass is 199 g/mol. The second kappa shape index (κ2) is 5.35. The van der Waals surface area contributed by atoms with Crippen LogP contribution in [0, 0.1) is 5.92 Å². The molecule has 0 aromatic carbocycles. The van der Waals surface area contributed by atoms with Gasteiger partial charge >= 0.3 is 0 Å². The number of aliphatic hydroxyl groups excluding tert-OH is 1. The van der Waals surface area contributed by atoms with Crippen molar-refractivity contribution in [3.8, 4) is 0 Å². The van der Waals surface area contributed by atoms with Crippen LogP contribution in [0.15, 0.2) is 0 Å². The molecule has 0 radical (unpaired) electrons. The zero-order chi connectivity index (χ0) is 10.6. The van der Waals surface area contributed by atoms with E-state index in [1.165, 1.54) is 0 Å². The van der Waals surface area contributed by atoms with Gasteiger partial charge in [0.25, 0.3) is 0 Å². The molecule has 82 valence electrons. The van der Waals surface area contributed by atoms with Crippen LogP contribution in [-0.4, -0.2) is 35.1 Å². The number of amides is 1. The largest absolute Gasteiger partial charge is 0.389 e. The van der Waals surface area contributed by atoms with Crippen LogP contribution < -0.4 is 0 Å². The van der Waals surface area contributed by atoms with E-state index in [1.54, 1.807) is 4.90 Å². The maximum atomic E-state index is 11.8. The van der Waals surface area contributed by atoms with Crippen molar-refractivity contribution in [2.75, 3.05) is 13.1 Å². The van der Waals surface area contributed by atoms with Gasteiger partial charge in [-0.05, 0) is 12.8 Å². The number of hydrogen-bond donors (Lipinski definition) is 1. The lowest BCUT2D eigenvalue weighted by molar-refractivity contribution is -0.146. The summed E-state index contributed by atoms with van der Waals surface area (Å²) < 4.78 is 0. The highest BCUT2D eigenvalue weighted by Gasteiger charge is 2.31. The minimum atomic E-state index is -0.275. The summed E-state index contributed by atoms with van der Waals surface area (Å²) in [6, 6.07) is 0. The van der Waals surface area contributed by atoms with Crippen molar-refractivity contribution in [3.63, 3.8) is 0 Å². The molecule has 1 rings (SSSR count). The van der Waals surface area contributed by atoms with Gasteiger partial charge in [-0.2, -0.15) is 0 Å². The van der Waals surface area contributed by atoms with Gasteiger partial charge in [-0.1, -0.05) is 26.7 Å². The molecule has 1 aliphatic heterocycles. The molecule has 1 atom stereocenters. The second-order valence-electron chi connectivity index (χ2n) is 4.14. The standard InChI is InChI=1S/C11H21NO2/c1-3-5-6-9(4-2)11(14)12-7-10(13)8-12/h9-10,13H,3-8H2,1-2H3/t9-/m0/s1. The Morgan fingerprint density at radius 1 is 1.50 bits per heavy atom.